The molecule has 0 spiro atoms. The molecule has 146 valence electrons. The molecule has 0 atom stereocenters. The monoisotopic (exact) mass is 401 g/mol. The molecule has 5 nitrogen and oxygen atoms in total. The molecular weight excluding hydrogens is 381 g/mol. The van der Waals surface area contributed by atoms with Crippen LogP contribution in [0.15, 0.2) is 42.5 Å². The Hall–Kier alpha value is -2.86. The number of ether oxygens (including phenoxy) is 1. The number of hydrogen-bond donors (Lipinski definition) is 0. The number of hydrogen-bond acceptors (Lipinski definition) is 3. The normalized spacial score (nSPS) is 10.8. The predicted octanol–water partition coefficient (Wildman–Crippen LogP) is 4.56. The number of carbonyl (C=O) groups is 1. The Labute approximate surface area is 168 Å². The van der Waals surface area contributed by atoms with E-state index in [1.54, 1.807) is 61.0 Å². The van der Waals surface area contributed by atoms with E-state index in [2.05, 4.69) is 5.10 Å². The van der Waals surface area contributed by atoms with E-state index in [0.29, 0.717) is 40.0 Å². The van der Waals surface area contributed by atoms with Gasteiger partial charge in [-0.1, -0.05) is 11.6 Å². The minimum absolute atomic E-state index is 0.162. The van der Waals surface area contributed by atoms with E-state index in [-0.39, 0.29) is 11.7 Å². The van der Waals surface area contributed by atoms with Crippen molar-refractivity contribution in [3.8, 4) is 11.4 Å². The lowest BCUT2D eigenvalue weighted by Gasteiger charge is -2.19. The van der Waals surface area contributed by atoms with Gasteiger partial charge in [0.05, 0.1) is 29.7 Å². The van der Waals surface area contributed by atoms with Crippen molar-refractivity contribution >= 4 is 17.5 Å². The third-order valence-electron chi connectivity index (χ3n) is 4.57. The summed E-state index contributed by atoms with van der Waals surface area (Å²) in [6, 6.07) is 11.3. The van der Waals surface area contributed by atoms with Crippen LogP contribution in [0.4, 0.5) is 4.39 Å². The zero-order valence-corrected chi connectivity index (χ0v) is 16.9. The summed E-state index contributed by atoms with van der Waals surface area (Å²) in [5.41, 5.74) is 3.33. The number of rotatable bonds is 5. The van der Waals surface area contributed by atoms with Gasteiger partial charge in [-0.05, 0) is 56.3 Å². The zero-order chi connectivity index (χ0) is 20.4. The Kier molecular flexibility index (Phi) is 5.70. The average Bonchev–Trinajstić information content (AvgIpc) is 2.96. The van der Waals surface area contributed by atoms with Crippen LogP contribution in [0.2, 0.25) is 5.02 Å². The Morgan fingerprint density at radius 2 is 1.89 bits per heavy atom. The molecule has 1 aromatic heterocycles. The molecule has 7 heteroatoms. The second kappa shape index (κ2) is 8.02. The number of halogens is 2. The van der Waals surface area contributed by atoms with Crippen molar-refractivity contribution in [2.45, 2.75) is 20.4 Å². The molecule has 3 aromatic rings. The van der Waals surface area contributed by atoms with Crippen LogP contribution in [-0.4, -0.2) is 34.7 Å². The molecule has 0 fully saturated rings. The quantitative estimate of drug-likeness (QED) is 0.629. The summed E-state index contributed by atoms with van der Waals surface area (Å²) in [7, 11) is 3.30. The van der Waals surface area contributed by atoms with E-state index in [0.717, 1.165) is 5.56 Å². The highest BCUT2D eigenvalue weighted by atomic mass is 35.5. The van der Waals surface area contributed by atoms with Gasteiger partial charge in [0.2, 0.25) is 0 Å². The molecule has 0 aliphatic carbocycles. The lowest BCUT2D eigenvalue weighted by atomic mass is 10.1. The van der Waals surface area contributed by atoms with Crippen LogP contribution in [0.1, 0.15) is 27.3 Å². The van der Waals surface area contributed by atoms with Crippen LogP contribution in [0, 0.1) is 19.7 Å². The smallest absolute Gasteiger partial charge is 0.257 e. The molecule has 0 radical (unpaired) electrons. The lowest BCUT2D eigenvalue weighted by Crippen LogP contribution is -2.27. The summed E-state index contributed by atoms with van der Waals surface area (Å²) in [6.07, 6.45) is 0. The van der Waals surface area contributed by atoms with Crippen LogP contribution < -0.4 is 4.74 Å². The molecule has 28 heavy (non-hydrogen) atoms. The van der Waals surface area contributed by atoms with Crippen molar-refractivity contribution in [2.75, 3.05) is 14.2 Å². The van der Waals surface area contributed by atoms with Gasteiger partial charge in [0.25, 0.3) is 5.91 Å². The summed E-state index contributed by atoms with van der Waals surface area (Å²) in [4.78, 5) is 14.7. The minimum Gasteiger partial charge on any atom is -0.496 e. The zero-order valence-electron chi connectivity index (χ0n) is 16.2. The van der Waals surface area contributed by atoms with Gasteiger partial charge in [-0.15, -0.1) is 0 Å². The average molecular weight is 402 g/mol. The fourth-order valence-electron chi connectivity index (χ4n) is 3.17. The van der Waals surface area contributed by atoms with E-state index < -0.39 is 0 Å². The lowest BCUT2D eigenvalue weighted by molar-refractivity contribution is 0.0782. The second-order valence-electron chi connectivity index (χ2n) is 6.55. The SMILES string of the molecule is COc1ccc(Cl)cc1CN(C)C(=O)c1c(C)nn(-c2ccc(F)cc2)c1C. The van der Waals surface area contributed by atoms with Gasteiger partial charge in [0.15, 0.2) is 0 Å². The van der Waals surface area contributed by atoms with Crippen LogP contribution >= 0.6 is 11.6 Å². The highest BCUT2D eigenvalue weighted by molar-refractivity contribution is 6.30. The number of aromatic nitrogens is 2. The van der Waals surface area contributed by atoms with Crippen LogP contribution in [0.25, 0.3) is 5.69 Å². The summed E-state index contributed by atoms with van der Waals surface area (Å²) < 4.78 is 20.2. The molecule has 1 amide bonds. The Morgan fingerprint density at radius 3 is 2.54 bits per heavy atom. The van der Waals surface area contributed by atoms with Gasteiger partial charge in [-0.3, -0.25) is 4.79 Å². The van der Waals surface area contributed by atoms with Crippen LogP contribution in [-0.2, 0) is 6.54 Å². The second-order valence-corrected chi connectivity index (χ2v) is 6.99. The maximum Gasteiger partial charge on any atom is 0.257 e. The molecule has 0 N–H and O–H groups in total. The van der Waals surface area contributed by atoms with Gasteiger partial charge in [-0.25, -0.2) is 9.07 Å². The van der Waals surface area contributed by atoms with Gasteiger partial charge in [0.1, 0.15) is 11.6 Å². The molecule has 1 heterocycles. The van der Waals surface area contributed by atoms with E-state index >= 15 is 0 Å². The molecule has 2 aromatic carbocycles. The number of methoxy groups -OCH3 is 1. The molecule has 0 bridgehead atoms. The van der Waals surface area contributed by atoms with Crippen molar-refractivity contribution in [3.63, 3.8) is 0 Å². The molecule has 3 rings (SSSR count). The Morgan fingerprint density at radius 1 is 1.21 bits per heavy atom. The Balaban J connectivity index is 1.90. The summed E-state index contributed by atoms with van der Waals surface area (Å²) >= 11 is 6.09. The van der Waals surface area contributed by atoms with Crippen LogP contribution in [0.3, 0.4) is 0 Å². The molecule has 0 aliphatic rings. The van der Waals surface area contributed by atoms with Crippen LogP contribution in [0.5, 0.6) is 5.75 Å². The number of aryl methyl sites for hydroxylation is 1. The standard InChI is InChI=1S/C21H21ClFN3O2/c1-13-20(14(2)26(24-13)18-8-6-17(23)7-9-18)21(27)25(3)12-15-11-16(22)5-10-19(15)28-4/h5-11H,12H2,1-4H3. The van der Waals surface area contributed by atoms with Gasteiger partial charge in [0, 0.05) is 24.2 Å². The maximum atomic E-state index is 13.2. The van der Waals surface area contributed by atoms with Crippen molar-refractivity contribution in [3.05, 3.63) is 75.8 Å². The summed E-state index contributed by atoms with van der Waals surface area (Å²) in [5.74, 6) is 0.182. The fourth-order valence-corrected chi connectivity index (χ4v) is 3.37. The van der Waals surface area contributed by atoms with E-state index in [4.69, 9.17) is 16.3 Å². The largest absolute Gasteiger partial charge is 0.496 e. The molecule has 0 saturated heterocycles. The summed E-state index contributed by atoms with van der Waals surface area (Å²) in [5, 5.41) is 5.05. The van der Waals surface area contributed by atoms with Crippen molar-refractivity contribution in [1.82, 2.24) is 14.7 Å². The first-order valence-corrected chi connectivity index (χ1v) is 9.09. The molecule has 0 unspecified atom stereocenters. The summed E-state index contributed by atoms with van der Waals surface area (Å²) in [6.45, 7) is 3.95. The molecule has 0 aliphatic heterocycles. The van der Waals surface area contributed by atoms with Gasteiger partial charge in [-0.2, -0.15) is 5.10 Å². The van der Waals surface area contributed by atoms with E-state index in [1.807, 2.05) is 6.92 Å². The first-order chi connectivity index (χ1) is 13.3. The predicted molar refractivity (Wildman–Crippen MR) is 107 cm³/mol. The molecular formula is C21H21ClFN3O2. The first kappa shape index (κ1) is 19.9. The van der Waals surface area contributed by atoms with Crippen molar-refractivity contribution < 1.29 is 13.9 Å². The van der Waals surface area contributed by atoms with Crippen molar-refractivity contribution in [1.29, 1.82) is 0 Å². The molecule has 0 saturated carbocycles. The highest BCUT2D eigenvalue weighted by Gasteiger charge is 2.23. The maximum absolute atomic E-state index is 13.2. The Bertz CT molecular complexity index is 1020. The fraction of sp³-hybridized carbons (Fsp3) is 0.238. The third kappa shape index (κ3) is 3.87. The minimum atomic E-state index is -0.322. The van der Waals surface area contributed by atoms with E-state index in [9.17, 15) is 9.18 Å². The topological polar surface area (TPSA) is 47.4 Å². The number of amides is 1. The number of benzene rings is 2. The first-order valence-electron chi connectivity index (χ1n) is 8.72. The highest BCUT2D eigenvalue weighted by Crippen LogP contribution is 2.25. The van der Waals surface area contributed by atoms with E-state index in [1.165, 1.54) is 12.1 Å². The van der Waals surface area contributed by atoms with Crippen molar-refractivity contribution in [2.24, 2.45) is 0 Å². The number of nitrogens with zero attached hydrogens (tertiary/aromatic N) is 3. The van der Waals surface area contributed by atoms with Gasteiger partial charge < -0.3 is 9.64 Å². The van der Waals surface area contributed by atoms with Gasteiger partial charge >= 0.3 is 0 Å². The number of carbonyl (C=O) groups excluding carboxylic acids is 1. The third-order valence-corrected chi connectivity index (χ3v) is 4.81.